The van der Waals surface area contributed by atoms with Gasteiger partial charge in [0.2, 0.25) is 0 Å². The average Bonchev–Trinajstić information content (AvgIpc) is 3.07. The lowest BCUT2D eigenvalue weighted by Gasteiger charge is -2.28. The van der Waals surface area contributed by atoms with Crippen molar-refractivity contribution in [2.24, 2.45) is 11.8 Å². The standard InChI is InChI=1S/C15H22N2O2/c1-18-11-4-2-3-10(7-11)8-14(17-16)13-9-12-5-6-15(13)19-12/h2-4,7,12-15,17H,5-6,8-9,16H2,1H3. The number of nitrogens with one attached hydrogen (secondary N) is 1. The fraction of sp³-hybridized carbons (Fsp3) is 0.600. The van der Waals surface area contributed by atoms with Crippen LogP contribution < -0.4 is 16.0 Å². The molecular formula is C15H22N2O2. The van der Waals surface area contributed by atoms with Crippen molar-refractivity contribution in [2.45, 2.75) is 43.9 Å². The molecule has 3 N–H and O–H groups in total. The maximum atomic E-state index is 5.93. The number of hydrazine groups is 1. The van der Waals surface area contributed by atoms with Crippen LogP contribution in [0.5, 0.6) is 5.75 Å². The lowest BCUT2D eigenvalue weighted by atomic mass is 9.82. The molecule has 4 unspecified atom stereocenters. The number of hydrogen-bond acceptors (Lipinski definition) is 4. The van der Waals surface area contributed by atoms with Gasteiger partial charge in [0, 0.05) is 12.0 Å². The first kappa shape index (κ1) is 12.9. The lowest BCUT2D eigenvalue weighted by molar-refractivity contribution is 0.0857. The summed E-state index contributed by atoms with van der Waals surface area (Å²) in [7, 11) is 1.70. The van der Waals surface area contributed by atoms with Gasteiger partial charge in [-0.3, -0.25) is 11.3 Å². The van der Waals surface area contributed by atoms with Crippen molar-refractivity contribution >= 4 is 0 Å². The van der Waals surface area contributed by atoms with Crippen molar-refractivity contribution in [3.63, 3.8) is 0 Å². The third kappa shape index (κ3) is 2.61. The summed E-state index contributed by atoms with van der Waals surface area (Å²) in [6, 6.07) is 8.48. The molecule has 0 spiro atoms. The zero-order chi connectivity index (χ0) is 13.2. The number of benzene rings is 1. The Balaban J connectivity index is 1.69. The van der Waals surface area contributed by atoms with Crippen LogP contribution in [0.25, 0.3) is 0 Å². The Morgan fingerprint density at radius 1 is 1.47 bits per heavy atom. The number of ether oxygens (including phenoxy) is 2. The van der Waals surface area contributed by atoms with E-state index in [1.165, 1.54) is 18.4 Å². The fourth-order valence-electron chi connectivity index (χ4n) is 3.49. The van der Waals surface area contributed by atoms with E-state index in [1.54, 1.807) is 7.11 Å². The predicted molar refractivity (Wildman–Crippen MR) is 73.8 cm³/mol. The molecule has 0 aliphatic carbocycles. The molecule has 1 aromatic rings. The zero-order valence-corrected chi connectivity index (χ0v) is 11.3. The fourth-order valence-corrected chi connectivity index (χ4v) is 3.49. The maximum absolute atomic E-state index is 5.93. The summed E-state index contributed by atoms with van der Waals surface area (Å²) in [4.78, 5) is 0. The van der Waals surface area contributed by atoms with Crippen LogP contribution in [0.4, 0.5) is 0 Å². The molecule has 104 valence electrons. The van der Waals surface area contributed by atoms with E-state index >= 15 is 0 Å². The molecule has 0 radical (unpaired) electrons. The highest BCUT2D eigenvalue weighted by atomic mass is 16.5. The molecular weight excluding hydrogens is 240 g/mol. The van der Waals surface area contributed by atoms with Crippen LogP contribution in [0.1, 0.15) is 24.8 Å². The Bertz CT molecular complexity index is 438. The number of methoxy groups -OCH3 is 1. The van der Waals surface area contributed by atoms with Gasteiger partial charge in [0.25, 0.3) is 0 Å². The number of fused-ring (bicyclic) bond motifs is 2. The van der Waals surface area contributed by atoms with Crippen LogP contribution in [0.3, 0.4) is 0 Å². The smallest absolute Gasteiger partial charge is 0.119 e. The molecule has 2 aliphatic rings. The van der Waals surface area contributed by atoms with Gasteiger partial charge in [0.15, 0.2) is 0 Å². The van der Waals surface area contributed by atoms with Gasteiger partial charge in [-0.1, -0.05) is 12.1 Å². The Morgan fingerprint density at radius 2 is 2.37 bits per heavy atom. The molecule has 2 saturated heterocycles. The third-order valence-corrected chi connectivity index (χ3v) is 4.47. The molecule has 2 aliphatic heterocycles. The molecule has 19 heavy (non-hydrogen) atoms. The molecule has 3 rings (SSSR count). The molecule has 4 nitrogen and oxygen atoms in total. The summed E-state index contributed by atoms with van der Waals surface area (Å²) in [5, 5.41) is 0. The van der Waals surface area contributed by atoms with Crippen molar-refractivity contribution < 1.29 is 9.47 Å². The molecule has 0 saturated carbocycles. The summed E-state index contributed by atoms with van der Waals surface area (Å²) in [6.07, 6.45) is 5.34. The molecule has 0 aromatic heterocycles. The minimum absolute atomic E-state index is 0.280. The highest BCUT2D eigenvalue weighted by molar-refractivity contribution is 5.29. The molecule has 1 aromatic carbocycles. The monoisotopic (exact) mass is 262 g/mol. The van der Waals surface area contributed by atoms with Gasteiger partial charge < -0.3 is 9.47 Å². The van der Waals surface area contributed by atoms with E-state index in [4.69, 9.17) is 15.3 Å². The quantitative estimate of drug-likeness (QED) is 0.625. The molecule has 2 fully saturated rings. The molecule has 2 heterocycles. The molecule has 2 bridgehead atoms. The zero-order valence-electron chi connectivity index (χ0n) is 11.3. The van der Waals surface area contributed by atoms with Crippen LogP contribution in [-0.2, 0) is 11.2 Å². The van der Waals surface area contributed by atoms with Crippen molar-refractivity contribution in [1.82, 2.24) is 5.43 Å². The second-order valence-electron chi connectivity index (χ2n) is 5.60. The Kier molecular flexibility index (Phi) is 3.73. The topological polar surface area (TPSA) is 56.5 Å². The minimum atomic E-state index is 0.280. The Hall–Kier alpha value is -1.10. The van der Waals surface area contributed by atoms with Gasteiger partial charge in [0.05, 0.1) is 19.3 Å². The van der Waals surface area contributed by atoms with Crippen LogP contribution >= 0.6 is 0 Å². The molecule has 0 amide bonds. The third-order valence-electron chi connectivity index (χ3n) is 4.47. The number of nitrogens with two attached hydrogens (primary N) is 1. The van der Waals surface area contributed by atoms with Crippen molar-refractivity contribution in [3.05, 3.63) is 29.8 Å². The maximum Gasteiger partial charge on any atom is 0.119 e. The van der Waals surface area contributed by atoms with E-state index in [2.05, 4.69) is 17.6 Å². The first-order valence-corrected chi connectivity index (χ1v) is 7.04. The summed E-state index contributed by atoms with van der Waals surface area (Å²) >= 11 is 0. The van der Waals surface area contributed by atoms with Gasteiger partial charge in [-0.05, 0) is 43.4 Å². The van der Waals surface area contributed by atoms with E-state index in [1.807, 2.05) is 12.1 Å². The highest BCUT2D eigenvalue weighted by Gasteiger charge is 2.43. The molecule has 4 heteroatoms. The highest BCUT2D eigenvalue weighted by Crippen LogP contribution is 2.40. The first-order valence-electron chi connectivity index (χ1n) is 7.04. The Morgan fingerprint density at radius 3 is 3.00 bits per heavy atom. The second kappa shape index (κ2) is 5.49. The van der Waals surface area contributed by atoms with Gasteiger partial charge in [-0.15, -0.1) is 0 Å². The number of hydrogen-bond donors (Lipinski definition) is 2. The van der Waals surface area contributed by atoms with E-state index in [-0.39, 0.29) is 6.04 Å². The first-order chi connectivity index (χ1) is 9.30. The summed E-state index contributed by atoms with van der Waals surface area (Å²) in [5.41, 5.74) is 4.25. The van der Waals surface area contributed by atoms with Gasteiger partial charge in [0.1, 0.15) is 5.75 Å². The normalized spacial score (nSPS) is 30.5. The van der Waals surface area contributed by atoms with Crippen LogP contribution in [-0.4, -0.2) is 25.4 Å². The second-order valence-corrected chi connectivity index (χ2v) is 5.60. The summed E-state index contributed by atoms with van der Waals surface area (Å²) in [5.74, 6) is 7.20. The van der Waals surface area contributed by atoms with Crippen LogP contribution in [0.2, 0.25) is 0 Å². The van der Waals surface area contributed by atoms with E-state index in [0.29, 0.717) is 18.1 Å². The SMILES string of the molecule is COc1cccc(CC(NN)C2CC3CCC2O3)c1. The van der Waals surface area contributed by atoms with Crippen molar-refractivity contribution in [1.29, 1.82) is 0 Å². The largest absolute Gasteiger partial charge is 0.497 e. The van der Waals surface area contributed by atoms with Gasteiger partial charge in [-0.2, -0.15) is 0 Å². The van der Waals surface area contributed by atoms with E-state index in [0.717, 1.165) is 18.6 Å². The van der Waals surface area contributed by atoms with Crippen molar-refractivity contribution in [3.8, 4) is 5.75 Å². The molecule has 4 atom stereocenters. The van der Waals surface area contributed by atoms with Gasteiger partial charge >= 0.3 is 0 Å². The van der Waals surface area contributed by atoms with Gasteiger partial charge in [-0.25, -0.2) is 0 Å². The van der Waals surface area contributed by atoms with Crippen LogP contribution in [0, 0.1) is 5.92 Å². The Labute approximate surface area is 114 Å². The van der Waals surface area contributed by atoms with Crippen LogP contribution in [0.15, 0.2) is 24.3 Å². The minimum Gasteiger partial charge on any atom is -0.497 e. The van der Waals surface area contributed by atoms with E-state index < -0.39 is 0 Å². The average molecular weight is 262 g/mol. The summed E-state index contributed by atoms with van der Waals surface area (Å²) in [6.45, 7) is 0. The van der Waals surface area contributed by atoms with Crippen molar-refractivity contribution in [2.75, 3.05) is 7.11 Å². The predicted octanol–water partition coefficient (Wildman–Crippen LogP) is 1.64. The van der Waals surface area contributed by atoms with E-state index in [9.17, 15) is 0 Å². The lowest BCUT2D eigenvalue weighted by Crippen LogP contribution is -2.45. The number of rotatable bonds is 5. The summed E-state index contributed by atoms with van der Waals surface area (Å²) < 4.78 is 11.2.